The Balaban J connectivity index is 0.000000478. The van der Waals surface area contributed by atoms with Gasteiger partial charge in [0.2, 0.25) is 0 Å². The molecule has 0 saturated carbocycles. The van der Waals surface area contributed by atoms with Gasteiger partial charge in [0.15, 0.2) is 0 Å². The zero-order valence-electron chi connectivity index (χ0n) is 75.6. The van der Waals surface area contributed by atoms with Gasteiger partial charge in [-0.2, -0.15) is 35.3 Å². The minimum Gasteiger partial charge on any atom is -0.394 e. The second-order valence-corrected chi connectivity index (χ2v) is 34.1. The molecule has 10 aromatic rings. The zero-order chi connectivity index (χ0) is 90.3. The van der Waals surface area contributed by atoms with Crippen molar-refractivity contribution in [2.24, 2.45) is 11.1 Å². The summed E-state index contributed by atoms with van der Waals surface area (Å²) >= 11 is 13.1. The number of ether oxygens (including phenoxy) is 3. The van der Waals surface area contributed by atoms with Crippen LogP contribution in [0, 0.1) is 5.41 Å². The van der Waals surface area contributed by atoms with E-state index in [4.69, 9.17) is 41.8 Å². The third-order valence-electron chi connectivity index (χ3n) is 16.0. The van der Waals surface area contributed by atoms with E-state index in [1.54, 1.807) is 39.0 Å². The minimum absolute atomic E-state index is 0.0836. The molecule has 1 aromatic carbocycles. The number of benzene rings is 1. The third kappa shape index (κ3) is 74.1. The van der Waals surface area contributed by atoms with Crippen molar-refractivity contribution in [3.8, 4) is 0 Å². The van der Waals surface area contributed by atoms with Crippen molar-refractivity contribution in [1.82, 2.24) is 92.7 Å². The molecule has 14 N–H and O–H groups in total. The summed E-state index contributed by atoms with van der Waals surface area (Å²) in [4.78, 5) is 39.5. The minimum atomic E-state index is -0.481. The summed E-state index contributed by atoms with van der Waals surface area (Å²) in [6, 6.07) is 63.9. The number of methoxy groups -OCH3 is 2. The summed E-state index contributed by atoms with van der Waals surface area (Å²) in [5.41, 5.74) is 15.2. The number of hydrogen-bond donors (Lipinski definition) is 13. The van der Waals surface area contributed by atoms with Crippen molar-refractivity contribution in [3.63, 3.8) is 0 Å². The Hall–Kier alpha value is -7.54. The van der Waals surface area contributed by atoms with E-state index in [1.165, 1.54) is 22.2 Å². The number of pyridine rings is 9. The maximum absolute atomic E-state index is 9.12. The lowest BCUT2D eigenvalue weighted by molar-refractivity contribution is 0.0937. The molecule has 0 aliphatic heterocycles. The number of nitrogens with one attached hydrogen (secondary N) is 10. The molecule has 0 fully saturated rings. The smallest absolute Gasteiger partial charge is 0.126 e. The van der Waals surface area contributed by atoms with Gasteiger partial charge in [0.1, 0.15) is 5.82 Å². The molecule has 0 bridgehead atoms. The fraction of sp³-hybridized carbons (Fsp3) is 0.463. The highest BCUT2D eigenvalue weighted by Gasteiger charge is 2.10. The van der Waals surface area contributed by atoms with Crippen molar-refractivity contribution >= 4 is 64.5 Å². The first-order chi connectivity index (χ1) is 61.2. The lowest BCUT2D eigenvalue weighted by Crippen LogP contribution is -2.27. The quantitative estimate of drug-likeness (QED) is 0.00957. The van der Waals surface area contributed by atoms with Gasteiger partial charge < -0.3 is 83.3 Å². The van der Waals surface area contributed by atoms with Crippen LogP contribution in [0.3, 0.4) is 0 Å². The molecule has 0 amide bonds. The average Bonchev–Trinajstić information content (AvgIpc) is 0.894. The van der Waals surface area contributed by atoms with Crippen LogP contribution in [0.5, 0.6) is 0 Å². The molecule has 25 nitrogen and oxygen atoms in total. The highest BCUT2D eigenvalue weighted by Crippen LogP contribution is 2.17. The number of nitrogens with two attached hydrogens (primary N) is 1. The summed E-state index contributed by atoms with van der Waals surface area (Å²) in [6.45, 7) is 33.0. The molecule has 10 rings (SSSR count). The Morgan fingerprint density at radius 2 is 0.784 bits per heavy atom. The summed E-state index contributed by atoms with van der Waals surface area (Å²) in [5, 5.41) is 51.1. The highest BCUT2D eigenvalue weighted by molar-refractivity contribution is 8.00. The van der Waals surface area contributed by atoms with Crippen LogP contribution < -0.4 is 58.9 Å². The van der Waals surface area contributed by atoms with E-state index in [0.717, 1.165) is 205 Å². The topological polar surface area (TPSA) is 330 Å². The molecule has 9 aromatic heterocycles. The number of aliphatic hydroxyl groups excluding tert-OH is 2. The standard InChI is InChI=1S/C15H27N3S.C14H16N2S.C11H18N2S.C10H16N2O2.C10H16N2O.C9H13ClN2O.C9H14N2O.C9H14N2S.C8H13N3/c1-5-19-10-9-16-11-13-7-6-8-14(18-13)17-12-15(2,3)4;1-2-7-14(8-3-1)17-11-10-15-12-13-6-4-5-9-16-13;1-10(2)14-8-7-12-9-11-5-3-4-6-13-11;13-6-8-14-7-5-11-9-10-3-1-2-4-12-10;1-13-8-4-6-11-9-10-5-2-3-7-12-10;10-5-9(13)7-11-6-8-3-1-2-4-12-8;2*1-12-7-6-10-8-9-4-2-3-5-11-9;9-4-6-10-7-8-3-1-2-5-11-8/h6-8,16H,5,9-12H2,1-4H3,(H,17,18);1-9,15H,10-12H2;3-6,10,12H,7-9H2,1-2H3;1-4,11,13H,5-9H2;2-3,5,7,11H,4,6,8-9H2,1H3;1-4,9,11,13H,5-7H2;2*2-5,10H,6-8H2,1H3;1-3,5,10H,4,6-7,9H2. The van der Waals surface area contributed by atoms with Gasteiger partial charge in [-0.25, -0.2) is 4.98 Å². The molecule has 1 unspecified atom stereocenters. The number of hydrogen-bond acceptors (Lipinski definition) is 29. The van der Waals surface area contributed by atoms with E-state index >= 15 is 0 Å². The average molecular weight is 1810 g/mol. The Morgan fingerprint density at radius 3 is 1.16 bits per heavy atom. The number of anilines is 1. The SMILES string of the molecule is CC(C)SCCNCc1ccccn1.CCSCCNCc1cccc(NCC(C)(C)C)n1.COCCCNCc1ccccn1.COCCNCc1ccccn1.CSCCNCc1ccccn1.NCCNCc1ccccn1.OC(CCl)CNCc1ccccn1.OCCOCCNCc1ccccn1.c1ccc(SCCNCc2ccccn2)cc1. The molecule has 9 heterocycles. The molecule has 30 heteroatoms. The summed E-state index contributed by atoms with van der Waals surface area (Å²) < 4.78 is 14.9. The Morgan fingerprint density at radius 1 is 0.416 bits per heavy atom. The molecule has 688 valence electrons. The zero-order valence-corrected chi connectivity index (χ0v) is 79.6. The summed E-state index contributed by atoms with van der Waals surface area (Å²) in [5.74, 6) is 6.99. The van der Waals surface area contributed by atoms with E-state index in [1.807, 2.05) is 230 Å². The number of rotatable bonds is 52. The van der Waals surface area contributed by atoms with Crippen LogP contribution in [0.4, 0.5) is 5.82 Å². The van der Waals surface area contributed by atoms with Crippen LogP contribution in [0.1, 0.15) is 99.2 Å². The largest absolute Gasteiger partial charge is 0.394 e. The van der Waals surface area contributed by atoms with E-state index < -0.39 is 6.10 Å². The number of halogens is 1. The molecule has 1 atom stereocenters. The van der Waals surface area contributed by atoms with Gasteiger partial charge in [-0.05, 0) is 157 Å². The predicted molar refractivity (Wildman–Crippen MR) is 530 cm³/mol. The Bertz CT molecular complexity index is 3780. The molecule has 0 aliphatic rings. The molecular weight excluding hydrogens is 1660 g/mol. The number of aliphatic hydroxyl groups is 2. The van der Waals surface area contributed by atoms with Crippen LogP contribution in [0.2, 0.25) is 0 Å². The van der Waals surface area contributed by atoms with Gasteiger partial charge in [-0.1, -0.05) is 114 Å². The maximum atomic E-state index is 9.12. The van der Waals surface area contributed by atoms with Crippen molar-refractivity contribution in [2.45, 2.75) is 123 Å². The normalized spacial score (nSPS) is 10.7. The van der Waals surface area contributed by atoms with Crippen LogP contribution in [-0.4, -0.2) is 227 Å². The van der Waals surface area contributed by atoms with Gasteiger partial charge in [-0.3, -0.25) is 39.9 Å². The second kappa shape index (κ2) is 84.6. The van der Waals surface area contributed by atoms with Crippen LogP contribution in [0.25, 0.3) is 0 Å². The van der Waals surface area contributed by atoms with Crippen molar-refractivity contribution in [3.05, 3.63) is 295 Å². The van der Waals surface area contributed by atoms with E-state index in [9.17, 15) is 0 Å². The predicted octanol–water partition coefficient (Wildman–Crippen LogP) is 13.3. The number of alkyl halides is 1. The second-order valence-electron chi connectivity index (χ2n) is 28.6. The molecule has 0 aliphatic carbocycles. The van der Waals surface area contributed by atoms with Gasteiger partial charge >= 0.3 is 0 Å². The molecule has 0 saturated heterocycles. The number of nitrogens with zero attached hydrogens (tertiary/aromatic N) is 9. The molecule has 125 heavy (non-hydrogen) atoms. The van der Waals surface area contributed by atoms with Crippen LogP contribution >= 0.6 is 58.6 Å². The maximum Gasteiger partial charge on any atom is 0.126 e. The van der Waals surface area contributed by atoms with Gasteiger partial charge in [0.05, 0.1) is 83.8 Å². The van der Waals surface area contributed by atoms with Crippen LogP contribution in [0.15, 0.2) is 249 Å². The monoisotopic (exact) mass is 1810 g/mol. The van der Waals surface area contributed by atoms with Crippen LogP contribution in [-0.2, 0) is 73.1 Å². The number of thioether (sulfide) groups is 4. The summed E-state index contributed by atoms with van der Waals surface area (Å²) in [7, 11) is 3.42. The van der Waals surface area contributed by atoms with E-state index in [2.05, 4.69) is 182 Å². The Labute approximate surface area is 771 Å². The van der Waals surface area contributed by atoms with Gasteiger partial charge in [0.25, 0.3) is 0 Å². The molecule has 0 radical (unpaired) electrons. The van der Waals surface area contributed by atoms with Crippen molar-refractivity contribution in [1.29, 1.82) is 0 Å². The Kier molecular flexibility index (Phi) is 76.8. The fourth-order valence-corrected chi connectivity index (χ4v) is 12.3. The van der Waals surface area contributed by atoms with E-state index in [-0.39, 0.29) is 17.9 Å². The first-order valence-electron chi connectivity index (χ1n) is 43.0. The van der Waals surface area contributed by atoms with Crippen molar-refractivity contribution in [2.75, 3.05) is 165 Å². The third-order valence-corrected chi connectivity index (χ3v) is 20.0. The first kappa shape index (κ1) is 114. The van der Waals surface area contributed by atoms with Gasteiger partial charge in [0, 0.05) is 229 Å². The lowest BCUT2D eigenvalue weighted by atomic mass is 9.97. The highest BCUT2D eigenvalue weighted by atomic mass is 35.5. The molecular formula is C95H147ClN20O5S4. The number of aromatic nitrogens is 9. The first-order valence-corrected chi connectivity index (χ1v) is 48.1. The van der Waals surface area contributed by atoms with Gasteiger partial charge in [-0.15, -0.1) is 23.4 Å². The van der Waals surface area contributed by atoms with E-state index in [0.29, 0.717) is 32.8 Å². The molecule has 0 spiro atoms. The fourth-order valence-electron chi connectivity index (χ4n) is 9.72. The van der Waals surface area contributed by atoms with Crippen molar-refractivity contribution < 1.29 is 24.4 Å². The lowest BCUT2D eigenvalue weighted by Gasteiger charge is -2.19. The summed E-state index contributed by atoms with van der Waals surface area (Å²) in [6.07, 6.45) is 17.1.